The summed E-state index contributed by atoms with van der Waals surface area (Å²) in [4.78, 5) is 39.2. The van der Waals surface area contributed by atoms with Crippen molar-refractivity contribution in [3.63, 3.8) is 0 Å². The highest BCUT2D eigenvalue weighted by Gasteiger charge is 2.45. The molecule has 1 amide bonds. The number of aliphatic carboxylic acids is 2. The molecule has 2 fully saturated rings. The molecule has 2 aliphatic rings. The van der Waals surface area contributed by atoms with E-state index in [-0.39, 0.29) is 11.9 Å². The van der Waals surface area contributed by atoms with Crippen LogP contribution in [0, 0.1) is 6.92 Å². The van der Waals surface area contributed by atoms with Gasteiger partial charge >= 0.3 is 24.3 Å². The van der Waals surface area contributed by atoms with E-state index in [0.29, 0.717) is 11.7 Å². The Morgan fingerprint density at radius 2 is 1.53 bits per heavy atom. The van der Waals surface area contributed by atoms with E-state index in [1.54, 1.807) is 22.9 Å². The molecule has 10 nitrogen and oxygen atoms in total. The number of likely N-dealkylation sites (tertiary alicyclic amines) is 1. The van der Waals surface area contributed by atoms with Crippen molar-refractivity contribution < 1.29 is 50.9 Å². The third-order valence-corrected chi connectivity index (χ3v) is 5.75. The average Bonchev–Trinajstić information content (AvgIpc) is 3.50. The first-order valence-corrected chi connectivity index (χ1v) is 10.9. The Labute approximate surface area is 203 Å². The van der Waals surface area contributed by atoms with Gasteiger partial charge in [0, 0.05) is 18.8 Å². The number of alkyl halides is 6. The third-order valence-electron chi connectivity index (χ3n) is 5.02. The molecule has 4 rings (SSSR count). The van der Waals surface area contributed by atoms with Gasteiger partial charge in [0.2, 0.25) is 5.13 Å². The number of carbonyl (C=O) groups excluding carboxylic acids is 1. The summed E-state index contributed by atoms with van der Waals surface area (Å²) in [5.74, 6) is -5.46. The molecule has 0 unspecified atom stereocenters. The van der Waals surface area contributed by atoms with Crippen molar-refractivity contribution in [3.05, 3.63) is 35.1 Å². The number of hydrogen-bond donors (Lipinski definition) is 2. The largest absolute Gasteiger partial charge is 0.490 e. The van der Waals surface area contributed by atoms with Crippen LogP contribution in [0.25, 0.3) is 0 Å². The van der Waals surface area contributed by atoms with Crippen molar-refractivity contribution in [3.8, 4) is 0 Å². The fourth-order valence-electron chi connectivity index (χ4n) is 3.58. The maximum Gasteiger partial charge on any atom is 0.490 e. The van der Waals surface area contributed by atoms with Gasteiger partial charge in [0.05, 0.1) is 12.1 Å². The predicted molar refractivity (Wildman–Crippen MR) is 111 cm³/mol. The molecule has 36 heavy (non-hydrogen) atoms. The second-order valence-corrected chi connectivity index (χ2v) is 8.21. The lowest BCUT2D eigenvalue weighted by molar-refractivity contribution is -0.193. The van der Waals surface area contributed by atoms with Crippen LogP contribution in [0.2, 0.25) is 0 Å². The molecule has 0 aliphatic carbocycles. The fourth-order valence-corrected chi connectivity index (χ4v) is 4.22. The summed E-state index contributed by atoms with van der Waals surface area (Å²) < 4.78 is 63.5. The summed E-state index contributed by atoms with van der Waals surface area (Å²) in [6, 6.07) is 6.24. The molecule has 2 saturated heterocycles. The summed E-state index contributed by atoms with van der Waals surface area (Å²) in [5, 5.41) is 23.3. The van der Waals surface area contributed by atoms with Crippen LogP contribution in [0.3, 0.4) is 0 Å². The number of fused-ring (bicyclic) bond motifs is 1. The van der Waals surface area contributed by atoms with Crippen molar-refractivity contribution in [2.24, 2.45) is 0 Å². The summed E-state index contributed by atoms with van der Waals surface area (Å²) in [6.07, 6.45) is -8.19. The van der Waals surface area contributed by atoms with Crippen LogP contribution in [0.4, 0.5) is 31.5 Å². The van der Waals surface area contributed by atoms with Crippen molar-refractivity contribution in [1.82, 2.24) is 20.1 Å². The zero-order valence-electron chi connectivity index (χ0n) is 18.3. The molecule has 2 N–H and O–H groups in total. The van der Waals surface area contributed by atoms with Crippen molar-refractivity contribution in [1.29, 1.82) is 0 Å². The van der Waals surface area contributed by atoms with E-state index in [9.17, 15) is 31.1 Å². The number of amides is 1. The van der Waals surface area contributed by atoms with Gasteiger partial charge in [-0.05, 0) is 31.9 Å². The molecule has 2 aliphatic heterocycles. The number of pyridine rings is 1. The monoisotopic (exact) mass is 543 g/mol. The molecule has 2 atom stereocenters. The van der Waals surface area contributed by atoms with Crippen molar-refractivity contribution in [2.45, 2.75) is 44.2 Å². The summed E-state index contributed by atoms with van der Waals surface area (Å²) >= 11 is 1.56. The highest BCUT2D eigenvalue weighted by molar-refractivity contribution is 7.13. The van der Waals surface area contributed by atoms with Crippen LogP contribution >= 0.6 is 11.3 Å². The minimum Gasteiger partial charge on any atom is -0.475 e. The van der Waals surface area contributed by atoms with Crippen molar-refractivity contribution >= 4 is 34.3 Å². The summed E-state index contributed by atoms with van der Waals surface area (Å²) in [6.45, 7) is 3.64. The van der Waals surface area contributed by atoms with Gasteiger partial charge in [0.1, 0.15) is 11.2 Å². The number of carbonyl (C=O) groups is 3. The van der Waals surface area contributed by atoms with Crippen LogP contribution in [0.1, 0.15) is 29.0 Å². The van der Waals surface area contributed by atoms with Crippen LogP contribution in [0.5, 0.6) is 0 Å². The molecular formula is C19H19F6N5O5S. The minimum absolute atomic E-state index is 0.0512. The second kappa shape index (κ2) is 11.5. The maximum atomic E-state index is 12.8. The van der Waals surface area contributed by atoms with E-state index in [1.807, 2.05) is 24.0 Å². The fraction of sp³-hybridized carbons (Fsp3) is 0.474. The number of aryl methyl sites for hydroxylation is 1. The van der Waals surface area contributed by atoms with E-state index in [1.165, 1.54) is 0 Å². The Bertz CT molecular complexity index is 1040. The number of rotatable bonds is 2. The summed E-state index contributed by atoms with van der Waals surface area (Å²) in [5.41, 5.74) is 3.19. The number of hydrogen-bond acceptors (Lipinski definition) is 8. The number of anilines is 1. The van der Waals surface area contributed by atoms with Gasteiger partial charge in [-0.1, -0.05) is 17.4 Å². The molecule has 4 heterocycles. The predicted octanol–water partition coefficient (Wildman–Crippen LogP) is 3.00. The number of carboxylic acid groups (broad SMARTS) is 2. The molecule has 0 spiro atoms. The van der Waals surface area contributed by atoms with E-state index >= 15 is 0 Å². The molecule has 2 aromatic rings. The van der Waals surface area contributed by atoms with E-state index in [2.05, 4.69) is 20.1 Å². The molecule has 2 aromatic heterocycles. The Hall–Kier alpha value is -3.50. The smallest absolute Gasteiger partial charge is 0.475 e. The molecule has 17 heteroatoms. The quantitative estimate of drug-likeness (QED) is 0.548. The highest BCUT2D eigenvalue weighted by atomic mass is 32.1. The first-order chi connectivity index (χ1) is 16.6. The van der Waals surface area contributed by atoms with Gasteiger partial charge in [-0.15, -0.1) is 10.2 Å². The summed E-state index contributed by atoms with van der Waals surface area (Å²) in [7, 11) is 0. The van der Waals surface area contributed by atoms with Gasteiger partial charge in [-0.2, -0.15) is 26.3 Å². The third kappa shape index (κ3) is 7.50. The minimum atomic E-state index is -5.08. The maximum absolute atomic E-state index is 12.8. The lowest BCUT2D eigenvalue weighted by Crippen LogP contribution is -2.40. The Balaban J connectivity index is 0.000000271. The zero-order chi connectivity index (χ0) is 27.3. The second-order valence-electron chi connectivity index (χ2n) is 7.40. The van der Waals surface area contributed by atoms with Gasteiger partial charge in [-0.25, -0.2) is 14.6 Å². The lowest BCUT2D eigenvalue weighted by atomic mass is 10.1. The Morgan fingerprint density at radius 1 is 0.972 bits per heavy atom. The topological polar surface area (TPSA) is 137 Å². The van der Waals surface area contributed by atoms with Crippen molar-refractivity contribution in [2.75, 3.05) is 18.0 Å². The molecular weight excluding hydrogens is 524 g/mol. The van der Waals surface area contributed by atoms with E-state index in [4.69, 9.17) is 19.8 Å². The van der Waals surface area contributed by atoms with Crippen LogP contribution in [-0.2, 0) is 9.59 Å². The van der Waals surface area contributed by atoms with Gasteiger partial charge in [-0.3, -0.25) is 4.79 Å². The highest BCUT2D eigenvalue weighted by Crippen LogP contribution is 2.36. The Kier molecular flexibility index (Phi) is 9.17. The van der Waals surface area contributed by atoms with Crippen LogP contribution in [-0.4, -0.2) is 85.7 Å². The molecule has 0 aromatic carbocycles. The lowest BCUT2D eigenvalue weighted by Gasteiger charge is -2.25. The number of aromatic nitrogens is 3. The molecule has 0 saturated carbocycles. The number of halogens is 6. The molecule has 0 radical (unpaired) electrons. The van der Waals surface area contributed by atoms with Crippen LogP contribution < -0.4 is 4.90 Å². The van der Waals surface area contributed by atoms with Gasteiger partial charge in [0.15, 0.2) is 0 Å². The first-order valence-electron chi connectivity index (χ1n) is 10.0. The normalized spacial score (nSPS) is 19.0. The Morgan fingerprint density at radius 3 is 2.00 bits per heavy atom. The van der Waals surface area contributed by atoms with Gasteiger partial charge in [0.25, 0.3) is 5.91 Å². The molecule has 0 bridgehead atoms. The van der Waals surface area contributed by atoms with E-state index < -0.39 is 24.3 Å². The first kappa shape index (κ1) is 28.7. The number of carboxylic acids is 2. The van der Waals surface area contributed by atoms with Gasteiger partial charge < -0.3 is 20.0 Å². The number of nitrogens with zero attached hydrogens (tertiary/aromatic N) is 5. The average molecular weight is 543 g/mol. The SMILES string of the molecule is Cc1cccc(C(=O)N2CC[C@H]3[C@H]2CCN3c2nncs2)n1.O=C(O)C(F)(F)F.O=C(O)C(F)(F)F. The molecule has 198 valence electrons. The standard InChI is InChI=1S/C15H17N5OS.2C2HF3O2/c1-10-3-2-4-11(17-10)14(21)19-7-5-13-12(19)6-8-20(13)15-18-16-9-22-15;2*3-2(4,5)1(6)7/h2-4,9,12-13H,5-8H2,1H3;2*(H,6,7)/t12-,13+;;/m1../s1. The zero-order valence-corrected chi connectivity index (χ0v) is 19.1. The van der Waals surface area contributed by atoms with E-state index in [0.717, 1.165) is 36.8 Å². The van der Waals surface area contributed by atoms with Crippen LogP contribution in [0.15, 0.2) is 23.7 Å².